The maximum atomic E-state index is 12.5. The number of esters is 1. The number of carbonyl (C=O) groups is 3. The molecule has 1 aromatic rings. The first-order valence-corrected chi connectivity index (χ1v) is 10.7. The Morgan fingerprint density at radius 2 is 2.00 bits per heavy atom. The highest BCUT2D eigenvalue weighted by molar-refractivity contribution is 6.05. The number of amides is 2. The molecule has 2 N–H and O–H groups in total. The molecule has 1 saturated carbocycles. The van der Waals surface area contributed by atoms with Crippen molar-refractivity contribution in [2.45, 2.75) is 64.0 Å². The minimum atomic E-state index is -0.861. The Morgan fingerprint density at radius 3 is 2.79 bits per heavy atom. The predicted molar refractivity (Wildman–Crippen MR) is 110 cm³/mol. The van der Waals surface area contributed by atoms with Gasteiger partial charge in [0.05, 0.1) is 16.9 Å². The molecule has 29 heavy (non-hydrogen) atoms. The van der Waals surface area contributed by atoms with Crippen LogP contribution in [-0.2, 0) is 14.3 Å². The second-order valence-electron chi connectivity index (χ2n) is 8.37. The lowest BCUT2D eigenvalue weighted by atomic mass is 9.89. The smallest absolute Gasteiger partial charge is 0.338 e. The minimum Gasteiger partial charge on any atom is -0.449 e. The van der Waals surface area contributed by atoms with Crippen molar-refractivity contribution in [3.05, 3.63) is 23.8 Å². The first-order chi connectivity index (χ1) is 14.0. The molecular weight excluding hydrogens is 370 g/mol. The van der Waals surface area contributed by atoms with E-state index in [-0.39, 0.29) is 17.9 Å². The summed E-state index contributed by atoms with van der Waals surface area (Å²) in [5, 5.41) is 5.80. The number of benzene rings is 1. The molecule has 0 spiro atoms. The quantitative estimate of drug-likeness (QED) is 0.744. The van der Waals surface area contributed by atoms with Crippen molar-refractivity contribution < 1.29 is 19.1 Å². The third-order valence-corrected chi connectivity index (χ3v) is 6.30. The Hall–Kier alpha value is -2.57. The van der Waals surface area contributed by atoms with E-state index in [0.29, 0.717) is 23.7 Å². The van der Waals surface area contributed by atoms with Gasteiger partial charge < -0.3 is 20.3 Å². The van der Waals surface area contributed by atoms with Crippen LogP contribution in [0.1, 0.15) is 62.2 Å². The van der Waals surface area contributed by atoms with Gasteiger partial charge in [-0.15, -0.1) is 0 Å². The van der Waals surface area contributed by atoms with Gasteiger partial charge in [-0.1, -0.05) is 19.3 Å². The van der Waals surface area contributed by atoms with Crippen molar-refractivity contribution in [3.63, 3.8) is 0 Å². The summed E-state index contributed by atoms with van der Waals surface area (Å²) in [6, 6.07) is 5.06. The van der Waals surface area contributed by atoms with Crippen LogP contribution in [0.4, 0.5) is 11.4 Å². The second kappa shape index (κ2) is 8.43. The molecule has 1 aliphatic carbocycles. The summed E-state index contributed by atoms with van der Waals surface area (Å²) in [6.45, 7) is 3.07. The zero-order valence-corrected chi connectivity index (χ0v) is 16.9. The summed E-state index contributed by atoms with van der Waals surface area (Å²) in [5.41, 5.74) is 1.88. The van der Waals surface area contributed by atoms with E-state index < -0.39 is 12.1 Å². The Bertz CT molecular complexity index is 803. The monoisotopic (exact) mass is 399 g/mol. The number of carbonyl (C=O) groups excluding carboxylic acids is 3. The lowest BCUT2D eigenvalue weighted by Crippen LogP contribution is -2.44. The highest BCUT2D eigenvalue weighted by Crippen LogP contribution is 2.37. The molecule has 7 nitrogen and oxygen atoms in total. The average Bonchev–Trinajstić information content (AvgIpc) is 3.23. The molecule has 3 aliphatic rings. The fourth-order valence-electron chi connectivity index (χ4n) is 4.62. The van der Waals surface area contributed by atoms with Crippen molar-refractivity contribution in [3.8, 4) is 0 Å². The van der Waals surface area contributed by atoms with E-state index in [9.17, 15) is 14.4 Å². The molecule has 0 aromatic heterocycles. The molecule has 0 bridgehead atoms. The highest BCUT2D eigenvalue weighted by atomic mass is 16.5. The molecule has 7 heteroatoms. The number of rotatable bonds is 5. The third kappa shape index (κ3) is 4.23. The van der Waals surface area contributed by atoms with Gasteiger partial charge in [-0.3, -0.25) is 9.59 Å². The average molecular weight is 399 g/mol. The van der Waals surface area contributed by atoms with Crippen molar-refractivity contribution in [1.82, 2.24) is 5.32 Å². The highest BCUT2D eigenvalue weighted by Gasteiger charge is 2.36. The van der Waals surface area contributed by atoms with Crippen LogP contribution in [0.15, 0.2) is 18.2 Å². The van der Waals surface area contributed by atoms with Crippen molar-refractivity contribution in [1.29, 1.82) is 0 Å². The Morgan fingerprint density at radius 1 is 1.21 bits per heavy atom. The van der Waals surface area contributed by atoms with Gasteiger partial charge in [-0.25, -0.2) is 4.79 Å². The van der Waals surface area contributed by atoms with Crippen molar-refractivity contribution in [2.24, 2.45) is 5.92 Å². The Balaban J connectivity index is 1.35. The molecule has 4 rings (SSSR count). The van der Waals surface area contributed by atoms with E-state index in [1.807, 2.05) is 6.07 Å². The molecule has 0 unspecified atom stereocenters. The molecule has 0 radical (unpaired) electrons. The summed E-state index contributed by atoms with van der Waals surface area (Å²) in [7, 11) is 0. The Kier molecular flexibility index (Phi) is 5.74. The van der Waals surface area contributed by atoms with Gasteiger partial charge in [0.25, 0.3) is 5.91 Å². The van der Waals surface area contributed by atoms with Crippen LogP contribution in [0.3, 0.4) is 0 Å². The molecule has 2 fully saturated rings. The van der Waals surface area contributed by atoms with Gasteiger partial charge in [-0.2, -0.15) is 0 Å². The SMILES string of the molecule is C[C@H](OC(=O)c1ccc2c(c1)NC(=O)[C@@H]1CCCN21)C(=O)NCC1CCCCC1. The first kappa shape index (κ1) is 19.7. The van der Waals surface area contributed by atoms with E-state index in [1.54, 1.807) is 19.1 Å². The fourth-order valence-corrected chi connectivity index (χ4v) is 4.62. The van der Waals surface area contributed by atoms with E-state index >= 15 is 0 Å². The predicted octanol–water partition coefficient (Wildman–Crippen LogP) is 2.85. The van der Waals surface area contributed by atoms with Crippen LogP contribution in [0.25, 0.3) is 0 Å². The topological polar surface area (TPSA) is 87.7 Å². The summed E-state index contributed by atoms with van der Waals surface area (Å²) in [6.07, 6.45) is 6.98. The van der Waals surface area contributed by atoms with Gasteiger partial charge in [0.2, 0.25) is 5.91 Å². The second-order valence-corrected chi connectivity index (χ2v) is 8.37. The number of hydrogen-bond donors (Lipinski definition) is 2. The largest absolute Gasteiger partial charge is 0.449 e. The third-order valence-electron chi connectivity index (χ3n) is 6.30. The fraction of sp³-hybridized carbons (Fsp3) is 0.591. The molecule has 156 valence electrons. The molecule has 1 saturated heterocycles. The van der Waals surface area contributed by atoms with Crippen LogP contribution in [-0.4, -0.2) is 43.0 Å². The van der Waals surface area contributed by atoms with Crippen molar-refractivity contribution in [2.75, 3.05) is 23.3 Å². The summed E-state index contributed by atoms with van der Waals surface area (Å²) < 4.78 is 5.37. The van der Waals surface area contributed by atoms with Crippen LogP contribution < -0.4 is 15.5 Å². The molecule has 1 aromatic carbocycles. The van der Waals surface area contributed by atoms with Gasteiger partial charge in [-0.05, 0) is 56.7 Å². The van der Waals surface area contributed by atoms with Crippen LogP contribution in [0, 0.1) is 5.92 Å². The molecular formula is C22H29N3O4. The zero-order chi connectivity index (χ0) is 20.4. The molecule has 2 aliphatic heterocycles. The standard InChI is InChI=1S/C22H29N3O4/c1-14(20(26)23-13-15-6-3-2-4-7-15)29-22(28)16-9-10-18-17(12-16)24-21(27)19-8-5-11-25(18)19/h9-10,12,14-15,19H,2-8,11,13H2,1H3,(H,23,26)(H,24,27)/t14-,19-/m0/s1. The van der Waals surface area contributed by atoms with E-state index in [4.69, 9.17) is 4.74 Å². The van der Waals surface area contributed by atoms with E-state index in [1.165, 1.54) is 19.3 Å². The number of fused-ring (bicyclic) bond motifs is 3. The normalized spacial score (nSPS) is 22.3. The molecule has 2 amide bonds. The molecule has 2 atom stereocenters. The first-order valence-electron chi connectivity index (χ1n) is 10.7. The van der Waals surface area contributed by atoms with Crippen LogP contribution in [0.5, 0.6) is 0 Å². The van der Waals surface area contributed by atoms with Crippen LogP contribution in [0.2, 0.25) is 0 Å². The summed E-state index contributed by atoms with van der Waals surface area (Å²) in [5.74, 6) is -0.341. The zero-order valence-electron chi connectivity index (χ0n) is 16.9. The lowest BCUT2D eigenvalue weighted by Gasteiger charge is -2.33. The van der Waals surface area contributed by atoms with Gasteiger partial charge in [0.15, 0.2) is 6.10 Å². The maximum absolute atomic E-state index is 12.5. The Labute approximate surface area is 171 Å². The number of hydrogen-bond acceptors (Lipinski definition) is 5. The van der Waals surface area contributed by atoms with Gasteiger partial charge >= 0.3 is 5.97 Å². The van der Waals surface area contributed by atoms with E-state index in [0.717, 1.165) is 37.9 Å². The maximum Gasteiger partial charge on any atom is 0.338 e. The summed E-state index contributed by atoms with van der Waals surface area (Å²) >= 11 is 0. The van der Waals surface area contributed by atoms with Crippen LogP contribution >= 0.6 is 0 Å². The number of ether oxygens (including phenoxy) is 1. The molecule has 2 heterocycles. The lowest BCUT2D eigenvalue weighted by molar-refractivity contribution is -0.129. The van der Waals surface area contributed by atoms with E-state index in [2.05, 4.69) is 15.5 Å². The minimum absolute atomic E-state index is 0.0315. The summed E-state index contributed by atoms with van der Waals surface area (Å²) in [4.78, 5) is 39.2. The van der Waals surface area contributed by atoms with Gasteiger partial charge in [0.1, 0.15) is 6.04 Å². The van der Waals surface area contributed by atoms with Crippen molar-refractivity contribution >= 4 is 29.2 Å². The van der Waals surface area contributed by atoms with Gasteiger partial charge in [0, 0.05) is 13.1 Å². The number of anilines is 2. The number of nitrogens with zero attached hydrogens (tertiary/aromatic N) is 1. The number of nitrogens with one attached hydrogen (secondary N) is 2.